The summed E-state index contributed by atoms with van der Waals surface area (Å²) in [6.45, 7) is 5.43. The van der Waals surface area contributed by atoms with E-state index in [2.05, 4.69) is 44.9 Å². The predicted octanol–water partition coefficient (Wildman–Crippen LogP) is 7.25. The number of rotatable bonds is 11. The van der Waals surface area contributed by atoms with Crippen molar-refractivity contribution in [3.8, 4) is 28.1 Å². The van der Waals surface area contributed by atoms with Crippen LogP contribution in [-0.4, -0.2) is 98.8 Å². The van der Waals surface area contributed by atoms with E-state index in [1.165, 1.54) is 7.11 Å². The van der Waals surface area contributed by atoms with Gasteiger partial charge in [-0.1, -0.05) is 62.4 Å². The minimum Gasteiger partial charge on any atom is -0.488 e. The predicted molar refractivity (Wildman–Crippen MR) is 234 cm³/mol. The number of ether oxygens (including phenoxy) is 3. The van der Waals surface area contributed by atoms with Gasteiger partial charge in [-0.05, 0) is 77.1 Å². The van der Waals surface area contributed by atoms with Gasteiger partial charge in [0.15, 0.2) is 0 Å². The fraction of sp³-hybridized carbons (Fsp3) is 0.362. The van der Waals surface area contributed by atoms with Crippen LogP contribution in [-0.2, 0) is 25.7 Å². The highest BCUT2D eigenvalue weighted by atomic mass is 16.5. The first-order chi connectivity index (χ1) is 30.5. The molecule has 0 spiro atoms. The zero-order chi connectivity index (χ0) is 43.9. The van der Waals surface area contributed by atoms with Crippen molar-refractivity contribution in [3.63, 3.8) is 0 Å². The van der Waals surface area contributed by atoms with Crippen molar-refractivity contribution in [2.24, 2.45) is 11.8 Å². The van der Waals surface area contributed by atoms with E-state index in [9.17, 15) is 24.3 Å². The van der Waals surface area contributed by atoms with Crippen LogP contribution in [0.4, 0.5) is 9.59 Å². The molecule has 63 heavy (non-hydrogen) atoms. The summed E-state index contributed by atoms with van der Waals surface area (Å²) < 4.78 is 16.7. The lowest BCUT2D eigenvalue weighted by Crippen LogP contribution is -2.51. The Kier molecular flexibility index (Phi) is 11.2. The number of nitrogens with zero attached hydrogens (tertiary/aromatic N) is 4. The number of aromatic amines is 2. The van der Waals surface area contributed by atoms with Gasteiger partial charge in [0.2, 0.25) is 5.91 Å². The van der Waals surface area contributed by atoms with E-state index in [0.717, 1.165) is 68.3 Å². The monoisotopic (exact) mass is 854 g/mol. The summed E-state index contributed by atoms with van der Waals surface area (Å²) in [5, 5.41) is 16.5. The third-order valence-corrected chi connectivity index (χ3v) is 12.6. The molecule has 0 bridgehead atoms. The molecule has 16 heteroatoms. The number of aromatic nitrogens is 4. The second kappa shape index (κ2) is 17.1. The Balaban J connectivity index is 0.970. The molecule has 3 aliphatic heterocycles. The first kappa shape index (κ1) is 41.4. The van der Waals surface area contributed by atoms with E-state index < -0.39 is 24.3 Å². The van der Waals surface area contributed by atoms with E-state index in [1.54, 1.807) is 23.1 Å². The SMILES string of the molecule is COC[C@H]1C[C@@H](c2ncc(-c3ccc4c(c3)COc3cc5c(ccc6[nH]c([C@@H]7CCCN7C(=O)[C@H](NC(=O)OC)c7ccccc7)nc65)cc3-4)[nH]2)N(C(=O)[C@@H](NC(=O)O)C(C)C)C1. The van der Waals surface area contributed by atoms with Gasteiger partial charge in [0, 0.05) is 37.1 Å². The quantitative estimate of drug-likeness (QED) is 0.0883. The Hall–Kier alpha value is -6.94. The normalized spacial score (nSPS) is 19.1. The van der Waals surface area contributed by atoms with Crippen LogP contribution >= 0.6 is 0 Å². The average molecular weight is 855 g/mol. The number of H-pyrrole nitrogens is 2. The molecule has 3 aliphatic rings. The van der Waals surface area contributed by atoms with Gasteiger partial charge in [0.25, 0.3) is 5.91 Å². The molecule has 5 heterocycles. The summed E-state index contributed by atoms with van der Waals surface area (Å²) in [6.07, 6.45) is 1.99. The summed E-state index contributed by atoms with van der Waals surface area (Å²) in [4.78, 5) is 72.2. The van der Waals surface area contributed by atoms with Crippen LogP contribution in [0.1, 0.15) is 74.0 Å². The molecule has 6 aromatic rings. The molecule has 0 radical (unpaired) electrons. The van der Waals surface area contributed by atoms with E-state index in [-0.39, 0.29) is 35.7 Å². The van der Waals surface area contributed by atoms with Gasteiger partial charge in [-0.25, -0.2) is 19.6 Å². The van der Waals surface area contributed by atoms with Crippen molar-refractivity contribution in [1.29, 1.82) is 0 Å². The van der Waals surface area contributed by atoms with Gasteiger partial charge < -0.3 is 49.7 Å². The van der Waals surface area contributed by atoms with Gasteiger partial charge in [-0.3, -0.25) is 9.59 Å². The summed E-state index contributed by atoms with van der Waals surface area (Å²) in [5.74, 6) is 1.38. The number of carbonyl (C=O) groups is 4. The highest BCUT2D eigenvalue weighted by molar-refractivity contribution is 6.07. The van der Waals surface area contributed by atoms with Crippen molar-refractivity contribution in [1.82, 2.24) is 40.4 Å². The lowest BCUT2D eigenvalue weighted by atomic mass is 9.92. The zero-order valence-corrected chi connectivity index (χ0v) is 35.5. The summed E-state index contributed by atoms with van der Waals surface area (Å²) in [6, 6.07) is 21.2. The number of hydrogen-bond acceptors (Lipinski definition) is 9. The first-order valence-electron chi connectivity index (χ1n) is 21.3. The van der Waals surface area contributed by atoms with E-state index >= 15 is 0 Å². The van der Waals surface area contributed by atoms with Gasteiger partial charge >= 0.3 is 12.2 Å². The Labute approximate surface area is 363 Å². The number of hydrogen-bond donors (Lipinski definition) is 5. The lowest BCUT2D eigenvalue weighted by molar-refractivity contribution is -0.136. The molecule has 5 atom stereocenters. The average Bonchev–Trinajstić information content (AvgIpc) is 4.13. The highest BCUT2D eigenvalue weighted by Gasteiger charge is 2.42. The number of fused-ring (bicyclic) bond motifs is 6. The molecule has 2 fully saturated rings. The third kappa shape index (κ3) is 7.90. The summed E-state index contributed by atoms with van der Waals surface area (Å²) in [7, 11) is 2.91. The summed E-state index contributed by atoms with van der Waals surface area (Å²) in [5.41, 5.74) is 7.03. The maximum absolute atomic E-state index is 14.1. The van der Waals surface area contributed by atoms with Crippen LogP contribution in [0.15, 0.2) is 79.0 Å². The van der Waals surface area contributed by atoms with Gasteiger partial charge in [-0.15, -0.1) is 0 Å². The number of carboxylic acid groups (broad SMARTS) is 1. The standard InChI is InChI=1S/C47H50N8O8/c1-25(2)39(52-46(58)59)44(56)55-22-26(23-61-3)17-37(55)42-48-21-35(50-42)29-12-14-31-30(18-29)24-63-38-20-32-28(19-33(31)38)13-15-34-41(32)51-43(49-34)36-11-8-16-54(36)45(57)40(53-47(60)62-4)27-9-6-5-7-10-27/h5-7,9-10,12-15,18-21,25-26,36-37,39-40,52H,8,11,16-17,22-24H2,1-4H3,(H,48,50)(H,49,51)(H,53,60)(H,58,59)/t26-,36-,37-,39-,40+/m0/s1. The van der Waals surface area contributed by atoms with Crippen LogP contribution in [0.5, 0.6) is 5.75 Å². The molecule has 5 N–H and O–H groups in total. The molecule has 326 valence electrons. The fourth-order valence-electron chi connectivity index (χ4n) is 9.48. The number of likely N-dealkylation sites (tertiary alicyclic amines) is 2. The molecule has 2 saturated heterocycles. The number of carbonyl (C=O) groups excluding carboxylic acids is 3. The van der Waals surface area contributed by atoms with Crippen LogP contribution in [0.2, 0.25) is 0 Å². The summed E-state index contributed by atoms with van der Waals surface area (Å²) >= 11 is 0. The molecular formula is C47H50N8O8. The number of methoxy groups -OCH3 is 2. The maximum Gasteiger partial charge on any atom is 0.407 e. The van der Waals surface area contributed by atoms with Crippen LogP contribution in [0.3, 0.4) is 0 Å². The van der Waals surface area contributed by atoms with Crippen LogP contribution in [0.25, 0.3) is 44.2 Å². The topological polar surface area (TPSA) is 204 Å². The molecule has 4 amide bonds. The van der Waals surface area contributed by atoms with E-state index in [4.69, 9.17) is 24.2 Å². The Morgan fingerprint density at radius 3 is 2.51 bits per heavy atom. The molecule has 0 saturated carbocycles. The largest absolute Gasteiger partial charge is 0.488 e. The van der Waals surface area contributed by atoms with Crippen molar-refractivity contribution < 1.29 is 38.5 Å². The number of amides is 4. The molecule has 16 nitrogen and oxygen atoms in total. The highest BCUT2D eigenvalue weighted by Crippen LogP contribution is 2.44. The van der Waals surface area contributed by atoms with Crippen LogP contribution < -0.4 is 15.4 Å². The Morgan fingerprint density at radius 2 is 1.75 bits per heavy atom. The number of benzene rings is 4. The smallest absolute Gasteiger partial charge is 0.407 e. The van der Waals surface area contributed by atoms with Gasteiger partial charge in [-0.2, -0.15) is 0 Å². The first-order valence-corrected chi connectivity index (χ1v) is 21.3. The molecular weight excluding hydrogens is 805 g/mol. The molecule has 2 aromatic heterocycles. The number of imidazole rings is 2. The third-order valence-electron chi connectivity index (χ3n) is 12.6. The number of alkyl carbamates (subject to hydrolysis) is 1. The zero-order valence-electron chi connectivity index (χ0n) is 35.5. The molecule has 9 rings (SSSR count). The van der Waals surface area contributed by atoms with Gasteiger partial charge in [0.05, 0.1) is 48.7 Å². The van der Waals surface area contributed by atoms with E-state index in [0.29, 0.717) is 49.9 Å². The lowest BCUT2D eigenvalue weighted by Gasteiger charge is -2.29. The second-order valence-corrected chi connectivity index (χ2v) is 16.9. The molecule has 0 unspecified atom stereocenters. The second-order valence-electron chi connectivity index (χ2n) is 16.9. The fourth-order valence-corrected chi connectivity index (χ4v) is 9.48. The van der Waals surface area contributed by atoms with Gasteiger partial charge in [0.1, 0.15) is 36.1 Å². The van der Waals surface area contributed by atoms with Crippen molar-refractivity contribution in [2.75, 3.05) is 33.9 Å². The van der Waals surface area contributed by atoms with Crippen molar-refractivity contribution >= 4 is 45.8 Å². The Bertz CT molecular complexity index is 2710. The molecule has 4 aromatic carbocycles. The minimum atomic E-state index is -1.24. The van der Waals surface area contributed by atoms with Crippen LogP contribution in [0, 0.1) is 11.8 Å². The van der Waals surface area contributed by atoms with Crippen molar-refractivity contribution in [3.05, 3.63) is 102 Å². The minimum absolute atomic E-state index is 0.0724. The maximum atomic E-state index is 14.1. The number of nitrogens with one attached hydrogen (secondary N) is 4. The molecule has 0 aliphatic carbocycles. The van der Waals surface area contributed by atoms with Crippen molar-refractivity contribution in [2.45, 2.75) is 63.9 Å². The Morgan fingerprint density at radius 1 is 0.921 bits per heavy atom. The van der Waals surface area contributed by atoms with E-state index in [1.807, 2.05) is 62.4 Å².